The Balaban J connectivity index is 1.83. The summed E-state index contributed by atoms with van der Waals surface area (Å²) >= 11 is 16.5. The van der Waals surface area contributed by atoms with Crippen LogP contribution in [0.15, 0.2) is 36.4 Å². The number of hydrazine groups is 1. The van der Waals surface area contributed by atoms with E-state index in [1.165, 1.54) is 11.1 Å². The zero-order chi connectivity index (χ0) is 17.7. The summed E-state index contributed by atoms with van der Waals surface area (Å²) in [5.41, 5.74) is 10.8. The maximum absolute atomic E-state index is 6.09. The molecule has 0 amide bonds. The molecule has 0 aliphatic rings. The molecule has 24 heavy (non-hydrogen) atoms. The lowest BCUT2D eigenvalue weighted by molar-refractivity contribution is 0.885. The first-order chi connectivity index (χ1) is 11.3. The van der Waals surface area contributed by atoms with E-state index in [-0.39, 0.29) is 0 Å². The van der Waals surface area contributed by atoms with Crippen LogP contribution in [0.3, 0.4) is 0 Å². The minimum atomic E-state index is 0.388. The molecule has 2 rings (SSSR count). The smallest absolute Gasteiger partial charge is 0.189 e. The van der Waals surface area contributed by atoms with E-state index in [1.54, 1.807) is 0 Å². The molecular formula is C17H19ClN4S2. The average molecular weight is 379 g/mol. The van der Waals surface area contributed by atoms with Gasteiger partial charge in [-0.05, 0) is 86.2 Å². The maximum Gasteiger partial charge on any atom is 0.189 e. The van der Waals surface area contributed by atoms with E-state index >= 15 is 0 Å². The number of benzene rings is 2. The highest BCUT2D eigenvalue weighted by Gasteiger charge is 2.02. The van der Waals surface area contributed by atoms with Crippen molar-refractivity contribution < 1.29 is 0 Å². The first kappa shape index (κ1) is 18.4. The van der Waals surface area contributed by atoms with E-state index in [0.717, 1.165) is 16.9 Å². The number of halogens is 1. The van der Waals surface area contributed by atoms with Gasteiger partial charge in [-0.3, -0.25) is 10.9 Å². The lowest BCUT2D eigenvalue weighted by atomic mass is 10.1. The Kier molecular flexibility index (Phi) is 6.36. The lowest BCUT2D eigenvalue weighted by Gasteiger charge is -2.15. The van der Waals surface area contributed by atoms with Crippen LogP contribution >= 0.6 is 36.0 Å². The molecule has 0 fully saturated rings. The van der Waals surface area contributed by atoms with Gasteiger partial charge in [-0.1, -0.05) is 23.7 Å². The molecule has 0 radical (unpaired) electrons. The highest BCUT2D eigenvalue weighted by Crippen LogP contribution is 2.19. The van der Waals surface area contributed by atoms with Crippen LogP contribution in [0, 0.1) is 20.8 Å². The molecule has 4 nitrogen and oxygen atoms in total. The Morgan fingerprint density at radius 1 is 0.750 bits per heavy atom. The minimum Gasteiger partial charge on any atom is -0.331 e. The summed E-state index contributed by atoms with van der Waals surface area (Å²) < 4.78 is 0. The molecule has 2 aromatic carbocycles. The van der Waals surface area contributed by atoms with Crippen LogP contribution in [-0.4, -0.2) is 10.2 Å². The standard InChI is InChI=1S/C17H19ClN4S2/c1-10-4-6-13(8-12(10)3)19-16(23)21-22-17(24)20-14-7-5-11(2)15(18)9-14/h4-9H,1-3H3,(H2,19,21,23)(H2,20,22,24). The van der Waals surface area contributed by atoms with Gasteiger partial charge in [0.2, 0.25) is 0 Å². The normalized spacial score (nSPS) is 10.0. The van der Waals surface area contributed by atoms with Crippen molar-refractivity contribution in [3.05, 3.63) is 58.1 Å². The van der Waals surface area contributed by atoms with Gasteiger partial charge in [0.1, 0.15) is 0 Å². The summed E-state index contributed by atoms with van der Waals surface area (Å²) in [6.45, 7) is 6.07. The zero-order valence-corrected chi connectivity index (χ0v) is 16.0. The SMILES string of the molecule is Cc1ccc(NC(=S)NNC(=S)Nc2ccc(C)c(Cl)c2)cc1C. The van der Waals surface area contributed by atoms with E-state index in [4.69, 9.17) is 36.0 Å². The van der Waals surface area contributed by atoms with Crippen molar-refractivity contribution in [3.8, 4) is 0 Å². The van der Waals surface area contributed by atoms with Crippen molar-refractivity contribution in [3.63, 3.8) is 0 Å². The molecule has 7 heteroatoms. The number of nitrogens with one attached hydrogen (secondary N) is 4. The van der Waals surface area contributed by atoms with Crippen molar-refractivity contribution in [2.75, 3.05) is 10.6 Å². The second kappa shape index (κ2) is 8.28. The van der Waals surface area contributed by atoms with Crippen molar-refractivity contribution in [2.45, 2.75) is 20.8 Å². The molecule has 0 aromatic heterocycles. The van der Waals surface area contributed by atoms with E-state index in [1.807, 2.05) is 43.3 Å². The molecule has 0 saturated heterocycles. The second-order valence-electron chi connectivity index (χ2n) is 5.42. The van der Waals surface area contributed by atoms with Crippen molar-refractivity contribution in [2.24, 2.45) is 0 Å². The quantitative estimate of drug-likeness (QED) is 0.457. The third-order valence-corrected chi connectivity index (χ3v) is 4.30. The largest absolute Gasteiger partial charge is 0.331 e. The average Bonchev–Trinajstić information content (AvgIpc) is 2.53. The van der Waals surface area contributed by atoms with E-state index in [0.29, 0.717) is 15.2 Å². The van der Waals surface area contributed by atoms with Gasteiger partial charge in [-0.2, -0.15) is 0 Å². The van der Waals surface area contributed by atoms with Crippen LogP contribution in [-0.2, 0) is 0 Å². The molecule has 0 heterocycles. The molecule has 0 bridgehead atoms. The topological polar surface area (TPSA) is 48.1 Å². The third kappa shape index (κ3) is 5.33. The van der Waals surface area contributed by atoms with Crippen molar-refractivity contribution >= 4 is 57.6 Å². The van der Waals surface area contributed by atoms with Gasteiger partial charge in [0, 0.05) is 16.4 Å². The summed E-state index contributed by atoms with van der Waals surface area (Å²) in [6.07, 6.45) is 0. The van der Waals surface area contributed by atoms with E-state index in [9.17, 15) is 0 Å². The number of thiocarbonyl (C=S) groups is 2. The van der Waals surface area contributed by atoms with Gasteiger partial charge in [0.15, 0.2) is 10.2 Å². The predicted molar refractivity (Wildman–Crippen MR) is 111 cm³/mol. The fourth-order valence-corrected chi connectivity index (χ4v) is 2.45. The Hall–Kier alpha value is -1.89. The fraction of sp³-hybridized carbons (Fsp3) is 0.176. The number of rotatable bonds is 2. The predicted octanol–water partition coefficient (Wildman–Crippen LogP) is 4.45. The van der Waals surface area contributed by atoms with Crippen LogP contribution < -0.4 is 21.5 Å². The molecule has 0 unspecified atom stereocenters. The molecule has 0 atom stereocenters. The molecule has 0 saturated carbocycles. The van der Waals surface area contributed by atoms with Crippen LogP contribution in [0.1, 0.15) is 16.7 Å². The molecule has 126 valence electrons. The van der Waals surface area contributed by atoms with Crippen molar-refractivity contribution in [1.29, 1.82) is 0 Å². The fourth-order valence-electron chi connectivity index (χ4n) is 1.93. The summed E-state index contributed by atoms with van der Waals surface area (Å²) in [5.74, 6) is 0. The van der Waals surface area contributed by atoms with E-state index in [2.05, 4.69) is 35.3 Å². The Morgan fingerprint density at radius 2 is 1.25 bits per heavy atom. The molecule has 2 aromatic rings. The zero-order valence-electron chi connectivity index (χ0n) is 13.7. The third-order valence-electron chi connectivity index (χ3n) is 3.48. The van der Waals surface area contributed by atoms with Gasteiger partial charge in [0.05, 0.1) is 0 Å². The van der Waals surface area contributed by atoms with Gasteiger partial charge < -0.3 is 10.6 Å². The van der Waals surface area contributed by atoms with Crippen molar-refractivity contribution in [1.82, 2.24) is 10.9 Å². The first-order valence-corrected chi connectivity index (χ1v) is 8.52. The number of hydrogen-bond acceptors (Lipinski definition) is 2. The Labute approximate surface area is 158 Å². The summed E-state index contributed by atoms with van der Waals surface area (Å²) in [6, 6.07) is 11.7. The Morgan fingerprint density at radius 3 is 1.75 bits per heavy atom. The maximum atomic E-state index is 6.09. The van der Waals surface area contributed by atoms with Crippen LogP contribution in [0.25, 0.3) is 0 Å². The van der Waals surface area contributed by atoms with Gasteiger partial charge in [-0.25, -0.2) is 0 Å². The molecule has 0 spiro atoms. The van der Waals surface area contributed by atoms with Gasteiger partial charge >= 0.3 is 0 Å². The monoisotopic (exact) mass is 378 g/mol. The number of aryl methyl sites for hydroxylation is 3. The number of anilines is 2. The Bertz CT molecular complexity index is 712. The molecule has 0 aliphatic heterocycles. The van der Waals surface area contributed by atoms with Gasteiger partial charge in [-0.15, -0.1) is 0 Å². The van der Waals surface area contributed by atoms with Crippen LogP contribution in [0.5, 0.6) is 0 Å². The highest BCUT2D eigenvalue weighted by molar-refractivity contribution is 7.81. The molecule has 4 N–H and O–H groups in total. The van der Waals surface area contributed by atoms with Crippen LogP contribution in [0.2, 0.25) is 5.02 Å². The van der Waals surface area contributed by atoms with Gasteiger partial charge in [0.25, 0.3) is 0 Å². The minimum absolute atomic E-state index is 0.388. The van der Waals surface area contributed by atoms with Crippen LogP contribution in [0.4, 0.5) is 11.4 Å². The first-order valence-electron chi connectivity index (χ1n) is 7.32. The van der Waals surface area contributed by atoms with E-state index < -0.39 is 0 Å². The lowest BCUT2D eigenvalue weighted by Crippen LogP contribution is -2.45. The second-order valence-corrected chi connectivity index (χ2v) is 6.64. The summed E-state index contributed by atoms with van der Waals surface area (Å²) in [5, 5.41) is 7.62. The molecule has 0 aliphatic carbocycles. The molecular weight excluding hydrogens is 360 g/mol. The highest BCUT2D eigenvalue weighted by atomic mass is 35.5. The summed E-state index contributed by atoms with van der Waals surface area (Å²) in [4.78, 5) is 0. The summed E-state index contributed by atoms with van der Waals surface area (Å²) in [7, 11) is 0. The number of hydrogen-bond donors (Lipinski definition) is 4.